The van der Waals surface area contributed by atoms with Crippen LogP contribution in [0.1, 0.15) is 36.8 Å². The van der Waals surface area contributed by atoms with Gasteiger partial charge in [0.25, 0.3) is 0 Å². The van der Waals surface area contributed by atoms with Crippen LogP contribution < -0.4 is 10.1 Å². The van der Waals surface area contributed by atoms with Crippen LogP contribution in [0.3, 0.4) is 0 Å². The van der Waals surface area contributed by atoms with Crippen LogP contribution in [-0.4, -0.2) is 54.8 Å². The van der Waals surface area contributed by atoms with E-state index in [1.54, 1.807) is 19.2 Å². The van der Waals surface area contributed by atoms with E-state index >= 15 is 0 Å². The van der Waals surface area contributed by atoms with Gasteiger partial charge in [-0.3, -0.25) is 4.79 Å². The molecule has 32 heavy (non-hydrogen) atoms. The van der Waals surface area contributed by atoms with E-state index < -0.39 is 11.0 Å². The zero-order valence-electron chi connectivity index (χ0n) is 18.5. The summed E-state index contributed by atoms with van der Waals surface area (Å²) in [5.41, 5.74) is 0.618. The van der Waals surface area contributed by atoms with Crippen molar-refractivity contribution in [3.63, 3.8) is 0 Å². The van der Waals surface area contributed by atoms with Gasteiger partial charge in [-0.1, -0.05) is 41.4 Å². The molecule has 1 saturated carbocycles. The average Bonchev–Trinajstić information content (AvgIpc) is 2.76. The van der Waals surface area contributed by atoms with Crippen molar-refractivity contribution < 1.29 is 14.6 Å². The summed E-state index contributed by atoms with van der Waals surface area (Å²) in [6.07, 6.45) is 3.13. The molecule has 0 spiro atoms. The van der Waals surface area contributed by atoms with E-state index in [9.17, 15) is 9.90 Å². The topological polar surface area (TPSA) is 61.8 Å². The Hall–Kier alpha value is -1.79. The first kappa shape index (κ1) is 23.4. The Morgan fingerprint density at radius 1 is 1.22 bits per heavy atom. The maximum Gasteiger partial charge on any atom is 0.224 e. The SMILES string of the molecule is COc1cccc(C23CCN(C)CC2(O)CC[C@@H](NC(=O)Cc2ccc(Cl)c(Cl)c2)C3)c1. The summed E-state index contributed by atoms with van der Waals surface area (Å²) in [4.78, 5) is 15.0. The number of likely N-dealkylation sites (tertiary alicyclic amines) is 1. The summed E-state index contributed by atoms with van der Waals surface area (Å²) < 4.78 is 5.47. The van der Waals surface area contributed by atoms with Gasteiger partial charge in [-0.25, -0.2) is 0 Å². The molecular formula is C25H30Cl2N2O3. The molecule has 0 radical (unpaired) electrons. The molecule has 1 aliphatic heterocycles. The summed E-state index contributed by atoms with van der Waals surface area (Å²) in [5.74, 6) is 0.733. The maximum atomic E-state index is 12.8. The standard InChI is InChI=1S/C25H30Cl2N2O3/c1-29-11-10-24(18-4-3-5-20(14-18)32-2)15-19(8-9-25(24,31)16-29)28-23(30)13-17-6-7-21(26)22(27)12-17/h3-7,12,14,19,31H,8-11,13,15-16H2,1-2H3,(H,28,30)/t19-,24?,25?/m1/s1. The number of benzene rings is 2. The van der Waals surface area contributed by atoms with Crippen LogP contribution in [0.15, 0.2) is 42.5 Å². The number of halogens is 2. The van der Waals surface area contributed by atoms with Gasteiger partial charge in [0.05, 0.1) is 29.2 Å². The molecule has 1 aliphatic carbocycles. The zero-order chi connectivity index (χ0) is 22.9. The Labute approximate surface area is 199 Å². The Kier molecular flexibility index (Phi) is 6.73. The number of carbonyl (C=O) groups excluding carboxylic acids is 1. The highest BCUT2D eigenvalue weighted by Gasteiger charge is 2.57. The summed E-state index contributed by atoms with van der Waals surface area (Å²) in [6.45, 7) is 1.51. The predicted octanol–water partition coefficient (Wildman–Crippen LogP) is 4.22. The lowest BCUT2D eigenvalue weighted by atomic mass is 9.55. The van der Waals surface area contributed by atoms with Crippen LogP contribution in [0.4, 0.5) is 0 Å². The van der Waals surface area contributed by atoms with Gasteiger partial charge < -0.3 is 20.1 Å². The molecule has 2 aliphatic rings. The van der Waals surface area contributed by atoms with Crippen LogP contribution in [-0.2, 0) is 16.6 Å². The van der Waals surface area contributed by atoms with Crippen molar-refractivity contribution in [2.24, 2.45) is 0 Å². The molecule has 0 bridgehead atoms. The third-order valence-electron chi connectivity index (χ3n) is 7.18. The second-order valence-corrected chi connectivity index (χ2v) is 10.1. The molecule has 2 unspecified atom stereocenters. The van der Waals surface area contributed by atoms with Gasteiger partial charge in [0.15, 0.2) is 0 Å². The van der Waals surface area contributed by atoms with Crippen molar-refractivity contribution in [3.05, 3.63) is 63.6 Å². The number of hydrogen-bond acceptors (Lipinski definition) is 4. The van der Waals surface area contributed by atoms with Crippen LogP contribution in [0, 0.1) is 0 Å². The van der Waals surface area contributed by atoms with Gasteiger partial charge in [-0.2, -0.15) is 0 Å². The van der Waals surface area contributed by atoms with Gasteiger partial charge in [-0.15, -0.1) is 0 Å². The summed E-state index contributed by atoms with van der Waals surface area (Å²) in [6, 6.07) is 13.3. The molecule has 2 aromatic rings. The minimum atomic E-state index is -0.850. The van der Waals surface area contributed by atoms with Crippen molar-refractivity contribution in [3.8, 4) is 5.75 Å². The van der Waals surface area contributed by atoms with Crippen LogP contribution in [0.25, 0.3) is 0 Å². The Bertz CT molecular complexity index is 1000. The van der Waals surface area contributed by atoms with Crippen LogP contribution >= 0.6 is 23.2 Å². The fourth-order valence-electron chi connectivity index (χ4n) is 5.53. The highest BCUT2D eigenvalue weighted by molar-refractivity contribution is 6.42. The number of aliphatic hydroxyl groups is 1. The highest BCUT2D eigenvalue weighted by atomic mass is 35.5. The molecule has 5 nitrogen and oxygen atoms in total. The second-order valence-electron chi connectivity index (χ2n) is 9.27. The number of β-amino-alcohol motifs (C(OH)–C–C–N with tert-alkyl or cyclic N) is 1. The smallest absolute Gasteiger partial charge is 0.224 e. The van der Waals surface area contributed by atoms with E-state index in [0.717, 1.165) is 36.3 Å². The summed E-state index contributed by atoms with van der Waals surface area (Å²) in [5, 5.41) is 16.0. The fourth-order valence-corrected chi connectivity index (χ4v) is 5.85. The molecule has 1 heterocycles. The summed E-state index contributed by atoms with van der Waals surface area (Å²) in [7, 11) is 3.71. The molecule has 172 valence electrons. The number of rotatable bonds is 5. The molecule has 0 aromatic heterocycles. The first-order valence-corrected chi connectivity index (χ1v) is 11.8. The number of likely N-dealkylation sites (N-methyl/N-ethyl adjacent to an activating group) is 1. The number of carbonyl (C=O) groups is 1. The number of ether oxygens (including phenoxy) is 1. The van der Waals surface area contributed by atoms with E-state index in [1.807, 2.05) is 24.3 Å². The van der Waals surface area contributed by atoms with Crippen molar-refractivity contribution in [1.82, 2.24) is 10.2 Å². The molecular weight excluding hydrogens is 447 g/mol. The van der Waals surface area contributed by atoms with Gasteiger partial charge in [0, 0.05) is 18.0 Å². The number of hydrogen-bond donors (Lipinski definition) is 2. The highest BCUT2D eigenvalue weighted by Crippen LogP contribution is 2.51. The Morgan fingerprint density at radius 2 is 2.03 bits per heavy atom. The van der Waals surface area contributed by atoms with E-state index in [-0.39, 0.29) is 18.4 Å². The lowest BCUT2D eigenvalue weighted by Gasteiger charge is -2.57. The van der Waals surface area contributed by atoms with Gasteiger partial charge in [-0.05, 0) is 74.7 Å². The summed E-state index contributed by atoms with van der Waals surface area (Å²) >= 11 is 12.1. The van der Waals surface area contributed by atoms with Gasteiger partial charge in [0.1, 0.15) is 5.75 Å². The van der Waals surface area contributed by atoms with Crippen molar-refractivity contribution >= 4 is 29.1 Å². The Balaban J connectivity index is 1.56. The molecule has 2 aromatic carbocycles. The average molecular weight is 477 g/mol. The quantitative estimate of drug-likeness (QED) is 0.677. The number of fused-ring (bicyclic) bond motifs is 1. The molecule has 7 heteroatoms. The van der Waals surface area contributed by atoms with E-state index in [2.05, 4.69) is 23.3 Å². The molecule has 3 atom stereocenters. The number of amides is 1. The Morgan fingerprint density at radius 3 is 2.78 bits per heavy atom. The fraction of sp³-hybridized carbons (Fsp3) is 0.480. The van der Waals surface area contributed by atoms with Gasteiger partial charge in [0.2, 0.25) is 5.91 Å². The monoisotopic (exact) mass is 476 g/mol. The maximum absolute atomic E-state index is 12.8. The molecule has 4 rings (SSSR count). The minimum absolute atomic E-state index is 0.0137. The molecule has 1 amide bonds. The van der Waals surface area contributed by atoms with E-state index in [0.29, 0.717) is 29.4 Å². The van der Waals surface area contributed by atoms with Gasteiger partial charge >= 0.3 is 0 Å². The lowest BCUT2D eigenvalue weighted by Crippen LogP contribution is -2.66. The van der Waals surface area contributed by atoms with Crippen LogP contribution in [0.5, 0.6) is 5.75 Å². The third kappa shape index (κ3) is 4.49. The van der Waals surface area contributed by atoms with E-state index in [1.165, 1.54) is 0 Å². The van der Waals surface area contributed by atoms with Crippen molar-refractivity contribution in [1.29, 1.82) is 0 Å². The second kappa shape index (κ2) is 9.22. The van der Waals surface area contributed by atoms with Crippen molar-refractivity contribution in [2.75, 3.05) is 27.2 Å². The lowest BCUT2D eigenvalue weighted by molar-refractivity contribution is -0.131. The predicted molar refractivity (Wildman–Crippen MR) is 128 cm³/mol. The molecule has 2 N–H and O–H groups in total. The first-order valence-electron chi connectivity index (χ1n) is 11.0. The van der Waals surface area contributed by atoms with E-state index in [4.69, 9.17) is 27.9 Å². The number of methoxy groups -OCH3 is 1. The largest absolute Gasteiger partial charge is 0.497 e. The first-order chi connectivity index (χ1) is 15.2. The molecule has 1 saturated heterocycles. The number of nitrogens with zero attached hydrogens (tertiary/aromatic N) is 1. The number of nitrogens with one attached hydrogen (secondary N) is 1. The van der Waals surface area contributed by atoms with Crippen molar-refractivity contribution in [2.45, 2.75) is 49.2 Å². The minimum Gasteiger partial charge on any atom is -0.497 e. The van der Waals surface area contributed by atoms with Crippen LogP contribution in [0.2, 0.25) is 10.0 Å². The number of piperidine rings is 1. The third-order valence-corrected chi connectivity index (χ3v) is 7.92. The zero-order valence-corrected chi connectivity index (χ0v) is 20.0. The normalized spacial score (nSPS) is 28.1. The molecule has 2 fully saturated rings.